The van der Waals surface area contributed by atoms with Gasteiger partial charge < -0.3 is 15.0 Å². The molecule has 0 radical (unpaired) electrons. The molecule has 0 amide bonds. The number of ether oxygens (including phenoxy) is 1. The van der Waals surface area contributed by atoms with Crippen molar-refractivity contribution in [1.29, 1.82) is 0 Å². The van der Waals surface area contributed by atoms with E-state index in [1.54, 1.807) is 0 Å². The lowest BCUT2D eigenvalue weighted by atomic mass is 9.95. The van der Waals surface area contributed by atoms with Crippen molar-refractivity contribution in [3.05, 3.63) is 17.7 Å². The molecule has 1 aromatic rings. The van der Waals surface area contributed by atoms with Crippen LogP contribution in [0.15, 0.2) is 6.20 Å². The van der Waals surface area contributed by atoms with Crippen molar-refractivity contribution in [2.24, 2.45) is 0 Å². The molecule has 1 unspecified atom stereocenters. The van der Waals surface area contributed by atoms with Crippen molar-refractivity contribution in [3.8, 4) is 0 Å². The van der Waals surface area contributed by atoms with Gasteiger partial charge in [-0.25, -0.2) is 4.98 Å². The number of aromatic nitrogens is 2. The lowest BCUT2D eigenvalue weighted by Crippen LogP contribution is -2.31. The smallest absolute Gasteiger partial charge is 0.138 e. The van der Waals surface area contributed by atoms with Crippen LogP contribution in [0.2, 0.25) is 0 Å². The van der Waals surface area contributed by atoms with E-state index in [1.807, 2.05) is 6.20 Å². The van der Waals surface area contributed by atoms with Gasteiger partial charge in [-0.15, -0.1) is 0 Å². The largest absolute Gasteiger partial charge is 0.367 e. The van der Waals surface area contributed by atoms with Crippen LogP contribution in [0.25, 0.3) is 0 Å². The highest BCUT2D eigenvalue weighted by Crippen LogP contribution is 2.32. The van der Waals surface area contributed by atoms with Gasteiger partial charge >= 0.3 is 0 Å². The van der Waals surface area contributed by atoms with E-state index in [4.69, 9.17) is 4.74 Å². The van der Waals surface area contributed by atoms with Gasteiger partial charge in [0, 0.05) is 31.1 Å². The molecule has 0 spiro atoms. The summed E-state index contributed by atoms with van der Waals surface area (Å²) >= 11 is 0. The highest BCUT2D eigenvalue weighted by atomic mass is 16.5. The van der Waals surface area contributed by atoms with E-state index in [0.717, 1.165) is 37.5 Å². The van der Waals surface area contributed by atoms with Gasteiger partial charge in [-0.2, -0.15) is 0 Å². The molecule has 1 aliphatic rings. The van der Waals surface area contributed by atoms with Gasteiger partial charge in [-0.1, -0.05) is 13.8 Å². The van der Waals surface area contributed by atoms with Gasteiger partial charge in [-0.05, 0) is 26.2 Å². The molecule has 2 N–H and O–H groups in total. The summed E-state index contributed by atoms with van der Waals surface area (Å²) < 4.78 is 5.88. The fourth-order valence-electron chi connectivity index (χ4n) is 2.15. The van der Waals surface area contributed by atoms with Crippen LogP contribution >= 0.6 is 0 Å². The van der Waals surface area contributed by atoms with E-state index in [9.17, 15) is 0 Å². The molecule has 0 bridgehead atoms. The Morgan fingerprint density at radius 3 is 3.00 bits per heavy atom. The molecule has 2 rings (SSSR count). The third-order valence-electron chi connectivity index (χ3n) is 3.30. The van der Waals surface area contributed by atoms with Crippen molar-refractivity contribution >= 4 is 0 Å². The summed E-state index contributed by atoms with van der Waals surface area (Å²) in [6.07, 6.45) is 5.35. The Hall–Kier alpha value is -0.870. The Balaban J connectivity index is 2.01. The van der Waals surface area contributed by atoms with Crippen molar-refractivity contribution in [2.45, 2.75) is 58.2 Å². The number of H-pyrrole nitrogens is 1. The molecule has 96 valence electrons. The second-order valence-corrected chi connectivity index (χ2v) is 5.33. The maximum absolute atomic E-state index is 5.88. The molecule has 2 heterocycles. The molecule has 0 saturated carbocycles. The summed E-state index contributed by atoms with van der Waals surface area (Å²) in [5.74, 6) is 0.970. The zero-order chi connectivity index (χ0) is 12.3. The van der Waals surface area contributed by atoms with Crippen LogP contribution in [-0.2, 0) is 16.9 Å². The molecule has 1 atom stereocenters. The standard InChI is InChI=1S/C13H23N3O/c1-10(2)14-8-11-9-15-12(16-11)13(3)6-4-5-7-17-13/h9-10,14H,4-8H2,1-3H3,(H,15,16). The zero-order valence-electron chi connectivity index (χ0n) is 11.0. The van der Waals surface area contributed by atoms with Gasteiger partial charge in [0.2, 0.25) is 0 Å². The predicted molar refractivity (Wildman–Crippen MR) is 67.7 cm³/mol. The van der Waals surface area contributed by atoms with E-state index in [0.29, 0.717) is 6.04 Å². The molecule has 1 fully saturated rings. The Morgan fingerprint density at radius 2 is 2.35 bits per heavy atom. The van der Waals surface area contributed by atoms with Crippen LogP contribution < -0.4 is 5.32 Å². The molecule has 4 heteroatoms. The van der Waals surface area contributed by atoms with Gasteiger partial charge in [0.15, 0.2) is 0 Å². The topological polar surface area (TPSA) is 49.9 Å². The minimum Gasteiger partial charge on any atom is -0.367 e. The van der Waals surface area contributed by atoms with Crippen molar-refractivity contribution in [1.82, 2.24) is 15.3 Å². The zero-order valence-corrected chi connectivity index (χ0v) is 11.0. The number of rotatable bonds is 4. The van der Waals surface area contributed by atoms with E-state index in [2.05, 4.69) is 36.1 Å². The first-order valence-electron chi connectivity index (χ1n) is 6.52. The predicted octanol–water partition coefficient (Wildman–Crippen LogP) is 2.32. The Kier molecular flexibility index (Phi) is 3.84. The normalized spacial score (nSPS) is 25.4. The van der Waals surface area contributed by atoms with Gasteiger partial charge in [0.25, 0.3) is 0 Å². The number of aromatic amines is 1. The average molecular weight is 237 g/mol. The lowest BCUT2D eigenvalue weighted by molar-refractivity contribution is -0.0756. The maximum Gasteiger partial charge on any atom is 0.138 e. The Morgan fingerprint density at radius 1 is 1.53 bits per heavy atom. The minimum atomic E-state index is -0.214. The number of nitrogens with one attached hydrogen (secondary N) is 2. The number of nitrogens with zero attached hydrogens (tertiary/aromatic N) is 1. The molecule has 4 nitrogen and oxygen atoms in total. The number of hydrogen-bond donors (Lipinski definition) is 2. The number of hydrogen-bond acceptors (Lipinski definition) is 3. The second kappa shape index (κ2) is 5.19. The quantitative estimate of drug-likeness (QED) is 0.845. The highest BCUT2D eigenvalue weighted by Gasteiger charge is 2.32. The summed E-state index contributed by atoms with van der Waals surface area (Å²) in [5.41, 5.74) is 0.915. The minimum absolute atomic E-state index is 0.214. The molecular formula is C13H23N3O. The first kappa shape index (κ1) is 12.6. The molecule has 0 aliphatic carbocycles. The summed E-state index contributed by atoms with van der Waals surface area (Å²) in [7, 11) is 0. The van der Waals surface area contributed by atoms with Gasteiger partial charge in [0.05, 0.1) is 0 Å². The number of imidazole rings is 1. The van der Waals surface area contributed by atoms with Crippen LogP contribution in [0, 0.1) is 0 Å². The third-order valence-corrected chi connectivity index (χ3v) is 3.30. The summed E-state index contributed by atoms with van der Waals surface area (Å²) in [6, 6.07) is 0.489. The summed E-state index contributed by atoms with van der Waals surface area (Å²) in [5, 5.41) is 3.38. The van der Waals surface area contributed by atoms with Gasteiger partial charge in [-0.3, -0.25) is 0 Å². The van der Waals surface area contributed by atoms with Crippen molar-refractivity contribution in [3.63, 3.8) is 0 Å². The van der Waals surface area contributed by atoms with Crippen LogP contribution in [0.1, 0.15) is 51.6 Å². The van der Waals surface area contributed by atoms with E-state index >= 15 is 0 Å². The van der Waals surface area contributed by atoms with E-state index in [-0.39, 0.29) is 5.60 Å². The summed E-state index contributed by atoms with van der Waals surface area (Å²) in [6.45, 7) is 8.09. The Bertz CT molecular complexity index is 353. The molecule has 17 heavy (non-hydrogen) atoms. The van der Waals surface area contributed by atoms with Gasteiger partial charge in [0.1, 0.15) is 11.4 Å². The van der Waals surface area contributed by atoms with Crippen molar-refractivity contribution in [2.75, 3.05) is 6.61 Å². The molecule has 0 aromatic carbocycles. The summed E-state index contributed by atoms with van der Waals surface area (Å²) in [4.78, 5) is 7.85. The fourth-order valence-corrected chi connectivity index (χ4v) is 2.15. The average Bonchev–Trinajstić information content (AvgIpc) is 2.76. The molecule has 1 saturated heterocycles. The fraction of sp³-hybridized carbons (Fsp3) is 0.769. The maximum atomic E-state index is 5.88. The SMILES string of the molecule is CC(C)NCc1cnc(C2(C)CCCCO2)[nH]1. The molecule has 1 aromatic heterocycles. The van der Waals surface area contributed by atoms with E-state index in [1.165, 1.54) is 6.42 Å². The highest BCUT2D eigenvalue weighted by molar-refractivity contribution is 5.08. The monoisotopic (exact) mass is 237 g/mol. The van der Waals surface area contributed by atoms with Crippen LogP contribution in [0.5, 0.6) is 0 Å². The van der Waals surface area contributed by atoms with Crippen molar-refractivity contribution < 1.29 is 4.74 Å². The third kappa shape index (κ3) is 3.07. The van der Waals surface area contributed by atoms with Crippen LogP contribution in [0.4, 0.5) is 0 Å². The lowest BCUT2D eigenvalue weighted by Gasteiger charge is -2.31. The van der Waals surface area contributed by atoms with Crippen LogP contribution in [-0.4, -0.2) is 22.6 Å². The second-order valence-electron chi connectivity index (χ2n) is 5.33. The molecule has 1 aliphatic heterocycles. The first-order chi connectivity index (χ1) is 8.10. The molecular weight excluding hydrogens is 214 g/mol. The van der Waals surface area contributed by atoms with Crippen LogP contribution in [0.3, 0.4) is 0 Å². The van der Waals surface area contributed by atoms with E-state index < -0.39 is 0 Å². The Labute approximate surface area is 103 Å². The first-order valence-corrected chi connectivity index (χ1v) is 6.52.